The van der Waals surface area contributed by atoms with Crippen LogP contribution in [0.4, 0.5) is 5.69 Å². The molecular formula is C18H18N2O2S. The summed E-state index contributed by atoms with van der Waals surface area (Å²) in [5, 5.41) is 2.67. The van der Waals surface area contributed by atoms with E-state index in [-0.39, 0.29) is 17.2 Å². The van der Waals surface area contributed by atoms with Gasteiger partial charge in [-0.1, -0.05) is 48.5 Å². The highest BCUT2D eigenvalue weighted by Gasteiger charge is 2.37. The van der Waals surface area contributed by atoms with E-state index in [2.05, 4.69) is 5.32 Å². The van der Waals surface area contributed by atoms with E-state index in [9.17, 15) is 9.59 Å². The largest absolute Gasteiger partial charge is 0.344 e. The van der Waals surface area contributed by atoms with Gasteiger partial charge in [-0.3, -0.25) is 14.5 Å². The summed E-state index contributed by atoms with van der Waals surface area (Å²) in [6.45, 7) is 1.44. The summed E-state index contributed by atoms with van der Waals surface area (Å²) in [4.78, 5) is 26.1. The average Bonchev–Trinajstić information content (AvgIpc) is 2.58. The molecule has 118 valence electrons. The van der Waals surface area contributed by atoms with E-state index in [1.807, 2.05) is 60.7 Å². The molecule has 0 saturated carbocycles. The van der Waals surface area contributed by atoms with Crippen LogP contribution in [0.1, 0.15) is 17.9 Å². The Morgan fingerprint density at radius 2 is 1.70 bits per heavy atom. The molecule has 1 heterocycles. The molecule has 0 aliphatic carbocycles. The average molecular weight is 326 g/mol. The van der Waals surface area contributed by atoms with Crippen molar-refractivity contribution in [3.05, 3.63) is 66.2 Å². The number of carbonyl (C=O) groups excluding carboxylic acids is 2. The second kappa shape index (κ2) is 6.87. The Balaban J connectivity index is 1.97. The number of nitrogens with one attached hydrogen (secondary N) is 1. The van der Waals surface area contributed by atoms with Crippen molar-refractivity contribution in [3.63, 3.8) is 0 Å². The van der Waals surface area contributed by atoms with Gasteiger partial charge < -0.3 is 5.32 Å². The molecule has 0 bridgehead atoms. The second-order valence-electron chi connectivity index (χ2n) is 5.39. The molecule has 2 aromatic rings. The lowest BCUT2D eigenvalue weighted by atomic mass is 10.1. The van der Waals surface area contributed by atoms with Crippen LogP contribution < -0.4 is 10.2 Å². The van der Waals surface area contributed by atoms with Crippen LogP contribution in [-0.4, -0.2) is 23.6 Å². The molecular weight excluding hydrogens is 308 g/mol. The van der Waals surface area contributed by atoms with Crippen LogP contribution in [0.3, 0.4) is 0 Å². The highest BCUT2D eigenvalue weighted by atomic mass is 32.2. The van der Waals surface area contributed by atoms with Gasteiger partial charge in [0.05, 0.1) is 0 Å². The van der Waals surface area contributed by atoms with E-state index in [0.717, 1.165) is 11.3 Å². The van der Waals surface area contributed by atoms with Crippen molar-refractivity contribution >= 4 is 29.3 Å². The highest BCUT2D eigenvalue weighted by Crippen LogP contribution is 2.40. The number of thioether (sulfide) groups is 1. The number of benzene rings is 2. The van der Waals surface area contributed by atoms with Crippen molar-refractivity contribution in [2.75, 3.05) is 10.7 Å². The van der Waals surface area contributed by atoms with E-state index in [1.54, 1.807) is 16.7 Å². The normalized spacial score (nSPS) is 21.1. The first-order chi connectivity index (χ1) is 11.2. The SMILES string of the molecule is CC(=O)N[C@H]1CS[C@@H](c2ccccc2)N(c2ccccc2)C1=O. The van der Waals surface area contributed by atoms with Crippen molar-refractivity contribution in [2.24, 2.45) is 0 Å². The fourth-order valence-corrected chi connectivity index (χ4v) is 4.00. The van der Waals surface area contributed by atoms with Gasteiger partial charge in [0.15, 0.2) is 0 Å². The predicted molar refractivity (Wildman–Crippen MR) is 93.2 cm³/mol. The lowest BCUT2D eigenvalue weighted by Gasteiger charge is -2.39. The van der Waals surface area contributed by atoms with E-state index in [1.165, 1.54) is 6.92 Å². The van der Waals surface area contributed by atoms with E-state index >= 15 is 0 Å². The molecule has 1 fully saturated rings. The smallest absolute Gasteiger partial charge is 0.251 e. The van der Waals surface area contributed by atoms with Gasteiger partial charge in [0.1, 0.15) is 11.4 Å². The van der Waals surface area contributed by atoms with E-state index < -0.39 is 6.04 Å². The Hall–Kier alpha value is -2.27. The van der Waals surface area contributed by atoms with Crippen molar-refractivity contribution in [2.45, 2.75) is 18.3 Å². The van der Waals surface area contributed by atoms with E-state index in [0.29, 0.717) is 5.75 Å². The highest BCUT2D eigenvalue weighted by molar-refractivity contribution is 7.99. The summed E-state index contributed by atoms with van der Waals surface area (Å²) in [7, 11) is 0. The first-order valence-corrected chi connectivity index (χ1v) is 8.53. The van der Waals surface area contributed by atoms with Gasteiger partial charge in [-0.15, -0.1) is 11.8 Å². The Labute approximate surface area is 139 Å². The lowest BCUT2D eigenvalue weighted by molar-refractivity contribution is -0.126. The first kappa shape index (κ1) is 15.6. The zero-order valence-electron chi connectivity index (χ0n) is 12.8. The molecule has 0 radical (unpaired) electrons. The topological polar surface area (TPSA) is 49.4 Å². The van der Waals surface area contributed by atoms with Crippen molar-refractivity contribution in [3.8, 4) is 0 Å². The first-order valence-electron chi connectivity index (χ1n) is 7.48. The summed E-state index contributed by atoms with van der Waals surface area (Å²) in [6, 6.07) is 19.1. The van der Waals surface area contributed by atoms with Crippen LogP contribution in [0.25, 0.3) is 0 Å². The van der Waals surface area contributed by atoms with Crippen LogP contribution in [0.15, 0.2) is 60.7 Å². The molecule has 3 rings (SSSR count). The minimum Gasteiger partial charge on any atom is -0.344 e. The minimum absolute atomic E-state index is 0.0704. The maximum absolute atomic E-state index is 12.9. The van der Waals surface area contributed by atoms with Crippen LogP contribution in [0, 0.1) is 0 Å². The quantitative estimate of drug-likeness (QED) is 0.943. The Morgan fingerprint density at radius 1 is 1.09 bits per heavy atom. The van der Waals surface area contributed by atoms with Gasteiger partial charge >= 0.3 is 0 Å². The predicted octanol–water partition coefficient (Wildman–Crippen LogP) is 2.97. The summed E-state index contributed by atoms with van der Waals surface area (Å²) in [5.41, 5.74) is 1.92. The number of hydrogen-bond donors (Lipinski definition) is 1. The van der Waals surface area contributed by atoms with E-state index in [4.69, 9.17) is 0 Å². The third-order valence-electron chi connectivity index (χ3n) is 3.69. The molecule has 1 aliphatic heterocycles. The van der Waals surface area contributed by atoms with Gasteiger partial charge in [-0.2, -0.15) is 0 Å². The summed E-state index contributed by atoms with van der Waals surface area (Å²) in [6.07, 6.45) is 0. The molecule has 0 unspecified atom stereocenters. The number of hydrogen-bond acceptors (Lipinski definition) is 3. The standard InChI is InChI=1S/C18H18N2O2S/c1-13(21)19-16-12-23-18(14-8-4-2-5-9-14)20(17(16)22)15-10-6-3-7-11-15/h2-11,16,18H,12H2,1H3,(H,19,21)/t16-,18-/m0/s1. The molecule has 1 aliphatic rings. The maximum atomic E-state index is 12.9. The maximum Gasteiger partial charge on any atom is 0.251 e. The van der Waals surface area contributed by atoms with Crippen LogP contribution in [0.2, 0.25) is 0 Å². The Kier molecular flexibility index (Phi) is 4.67. The molecule has 23 heavy (non-hydrogen) atoms. The van der Waals surface area contributed by atoms with Crippen LogP contribution >= 0.6 is 11.8 Å². The summed E-state index contributed by atoms with van der Waals surface area (Å²) in [5.74, 6) is 0.315. The fraction of sp³-hybridized carbons (Fsp3) is 0.222. The van der Waals surface area contributed by atoms with Gasteiger partial charge in [0, 0.05) is 18.4 Å². The van der Waals surface area contributed by atoms with Crippen molar-refractivity contribution in [1.82, 2.24) is 5.32 Å². The molecule has 0 aromatic heterocycles. The Bertz CT molecular complexity index is 691. The summed E-state index contributed by atoms with van der Waals surface area (Å²) < 4.78 is 0. The van der Waals surface area contributed by atoms with Crippen molar-refractivity contribution in [1.29, 1.82) is 0 Å². The van der Waals surface area contributed by atoms with Crippen LogP contribution in [-0.2, 0) is 9.59 Å². The van der Waals surface area contributed by atoms with Crippen LogP contribution in [0.5, 0.6) is 0 Å². The van der Waals surface area contributed by atoms with Gasteiger partial charge in [0.25, 0.3) is 5.91 Å². The number of carbonyl (C=O) groups is 2. The molecule has 5 heteroatoms. The number of para-hydroxylation sites is 1. The molecule has 2 amide bonds. The van der Waals surface area contributed by atoms with Gasteiger partial charge in [-0.25, -0.2) is 0 Å². The molecule has 0 spiro atoms. The lowest BCUT2D eigenvalue weighted by Crippen LogP contribution is -2.53. The molecule has 1 saturated heterocycles. The summed E-state index contributed by atoms with van der Waals surface area (Å²) >= 11 is 1.66. The molecule has 2 atom stereocenters. The second-order valence-corrected chi connectivity index (χ2v) is 6.51. The number of rotatable bonds is 3. The Morgan fingerprint density at radius 3 is 2.30 bits per heavy atom. The zero-order valence-corrected chi connectivity index (χ0v) is 13.6. The van der Waals surface area contributed by atoms with Crippen molar-refractivity contribution < 1.29 is 9.59 Å². The third-order valence-corrected chi connectivity index (χ3v) is 5.01. The molecule has 2 aromatic carbocycles. The number of nitrogens with zero attached hydrogens (tertiary/aromatic N) is 1. The monoisotopic (exact) mass is 326 g/mol. The number of anilines is 1. The fourth-order valence-electron chi connectivity index (χ4n) is 2.68. The molecule has 1 N–H and O–H groups in total. The minimum atomic E-state index is -0.488. The third kappa shape index (κ3) is 3.40. The van der Waals surface area contributed by atoms with Gasteiger partial charge in [-0.05, 0) is 17.7 Å². The van der Waals surface area contributed by atoms with Gasteiger partial charge in [0.2, 0.25) is 5.91 Å². The number of amides is 2. The molecule has 4 nitrogen and oxygen atoms in total. The zero-order chi connectivity index (χ0) is 16.2.